The number of ether oxygens (including phenoxy) is 1. The Kier molecular flexibility index (Phi) is 6.38. The van der Waals surface area contributed by atoms with Gasteiger partial charge in [0.1, 0.15) is 18.2 Å². The van der Waals surface area contributed by atoms with Crippen molar-refractivity contribution in [1.29, 1.82) is 0 Å². The van der Waals surface area contributed by atoms with Crippen molar-refractivity contribution < 1.29 is 22.5 Å². The van der Waals surface area contributed by atoms with Gasteiger partial charge in [0.05, 0.1) is 16.0 Å². The first-order valence-corrected chi connectivity index (χ1v) is 10.1. The van der Waals surface area contributed by atoms with Crippen molar-refractivity contribution in [2.24, 2.45) is 5.10 Å². The largest absolute Gasteiger partial charge is 0.489 e. The molecule has 0 bridgehead atoms. The molecular formula is C20H16FN3O5S. The number of nitrogens with zero attached hydrogens (tertiary/aromatic N) is 2. The molecule has 0 amide bonds. The molecule has 0 aliphatic rings. The number of hydrazone groups is 1. The Morgan fingerprint density at radius 3 is 2.23 bits per heavy atom. The van der Waals surface area contributed by atoms with Crippen molar-refractivity contribution in [3.05, 3.63) is 99.9 Å². The predicted octanol–water partition coefficient (Wildman–Crippen LogP) is 3.63. The van der Waals surface area contributed by atoms with E-state index in [-0.39, 0.29) is 23.0 Å². The van der Waals surface area contributed by atoms with Gasteiger partial charge in [-0.1, -0.05) is 12.1 Å². The van der Waals surface area contributed by atoms with Crippen LogP contribution in [-0.2, 0) is 16.6 Å². The van der Waals surface area contributed by atoms with E-state index in [1.807, 2.05) is 4.83 Å². The third kappa shape index (κ3) is 5.61. The number of benzene rings is 3. The average molecular weight is 429 g/mol. The van der Waals surface area contributed by atoms with E-state index in [2.05, 4.69) is 5.10 Å². The molecule has 0 saturated heterocycles. The fraction of sp³-hybridized carbons (Fsp3) is 0.0500. The molecular weight excluding hydrogens is 413 g/mol. The van der Waals surface area contributed by atoms with Crippen LogP contribution in [0.2, 0.25) is 0 Å². The van der Waals surface area contributed by atoms with Gasteiger partial charge in [0.25, 0.3) is 15.7 Å². The SMILES string of the molecule is O=[N+]([O-])c1ccc(S(=O)(=O)NN=Cc2ccc(OCc3ccc(F)cc3)cc2)cc1. The van der Waals surface area contributed by atoms with E-state index in [0.29, 0.717) is 11.3 Å². The Balaban J connectivity index is 1.56. The molecule has 3 rings (SSSR count). The number of nitrogens with one attached hydrogen (secondary N) is 1. The van der Waals surface area contributed by atoms with Crippen molar-refractivity contribution in [3.63, 3.8) is 0 Å². The normalized spacial score (nSPS) is 11.4. The van der Waals surface area contributed by atoms with Gasteiger partial charge in [0, 0.05) is 12.1 Å². The number of hydrogen-bond acceptors (Lipinski definition) is 6. The second-order valence-electron chi connectivity index (χ2n) is 6.09. The minimum Gasteiger partial charge on any atom is -0.489 e. The van der Waals surface area contributed by atoms with Crippen LogP contribution in [-0.4, -0.2) is 19.6 Å². The van der Waals surface area contributed by atoms with Gasteiger partial charge in [-0.25, -0.2) is 9.22 Å². The first kappa shape index (κ1) is 20.9. The zero-order valence-electron chi connectivity index (χ0n) is 15.4. The Morgan fingerprint density at radius 2 is 1.63 bits per heavy atom. The minimum atomic E-state index is -3.95. The van der Waals surface area contributed by atoms with Crippen molar-refractivity contribution in [2.75, 3.05) is 0 Å². The van der Waals surface area contributed by atoms with Crippen LogP contribution in [0.25, 0.3) is 0 Å². The highest BCUT2D eigenvalue weighted by Crippen LogP contribution is 2.16. The number of hydrogen-bond donors (Lipinski definition) is 1. The monoisotopic (exact) mass is 429 g/mol. The zero-order chi connectivity index (χ0) is 21.6. The summed E-state index contributed by atoms with van der Waals surface area (Å²) < 4.78 is 42.8. The number of halogens is 1. The molecule has 0 unspecified atom stereocenters. The van der Waals surface area contributed by atoms with E-state index in [1.165, 1.54) is 18.3 Å². The lowest BCUT2D eigenvalue weighted by molar-refractivity contribution is -0.384. The Bertz CT molecular complexity index is 1150. The summed E-state index contributed by atoms with van der Waals surface area (Å²) in [5, 5.41) is 14.3. The number of nitro groups is 1. The summed E-state index contributed by atoms with van der Waals surface area (Å²) in [4.78, 5) is 11.9. The lowest BCUT2D eigenvalue weighted by Crippen LogP contribution is -2.18. The maximum atomic E-state index is 12.9. The van der Waals surface area contributed by atoms with Crippen LogP contribution < -0.4 is 9.57 Å². The molecule has 3 aromatic carbocycles. The third-order valence-electron chi connectivity index (χ3n) is 3.94. The van der Waals surface area contributed by atoms with Crippen LogP contribution in [0.15, 0.2) is 82.8 Å². The Morgan fingerprint density at radius 1 is 1.00 bits per heavy atom. The summed E-state index contributed by atoms with van der Waals surface area (Å²) in [7, 11) is -3.95. The lowest BCUT2D eigenvalue weighted by Gasteiger charge is -2.06. The summed E-state index contributed by atoms with van der Waals surface area (Å²) in [6, 6.07) is 17.2. The fourth-order valence-corrected chi connectivity index (χ4v) is 3.16. The van der Waals surface area contributed by atoms with E-state index in [4.69, 9.17) is 4.74 Å². The van der Waals surface area contributed by atoms with Crippen molar-refractivity contribution in [3.8, 4) is 5.75 Å². The topological polar surface area (TPSA) is 111 Å². The fourth-order valence-electron chi connectivity index (χ4n) is 2.37. The van der Waals surface area contributed by atoms with Gasteiger partial charge in [-0.15, -0.1) is 0 Å². The maximum absolute atomic E-state index is 12.9. The number of rotatable bonds is 8. The molecule has 30 heavy (non-hydrogen) atoms. The van der Waals surface area contributed by atoms with Crippen LogP contribution >= 0.6 is 0 Å². The van der Waals surface area contributed by atoms with Gasteiger partial charge >= 0.3 is 0 Å². The molecule has 0 aliphatic carbocycles. The summed E-state index contributed by atoms with van der Waals surface area (Å²) in [6.45, 7) is 0.281. The second kappa shape index (κ2) is 9.14. The smallest absolute Gasteiger partial charge is 0.276 e. The van der Waals surface area contributed by atoms with Gasteiger partial charge in [-0.3, -0.25) is 10.1 Å². The van der Waals surface area contributed by atoms with Gasteiger partial charge in [-0.05, 0) is 59.7 Å². The summed E-state index contributed by atoms with van der Waals surface area (Å²) in [6.07, 6.45) is 1.31. The Labute approximate surface area is 171 Å². The highest BCUT2D eigenvalue weighted by atomic mass is 32.2. The maximum Gasteiger partial charge on any atom is 0.276 e. The number of non-ortho nitro benzene ring substituents is 1. The molecule has 0 atom stereocenters. The van der Waals surface area contributed by atoms with Crippen molar-refractivity contribution >= 4 is 21.9 Å². The molecule has 8 nitrogen and oxygen atoms in total. The summed E-state index contributed by atoms with van der Waals surface area (Å²) >= 11 is 0. The molecule has 0 aromatic heterocycles. The van der Waals surface area contributed by atoms with E-state index < -0.39 is 14.9 Å². The second-order valence-corrected chi connectivity index (χ2v) is 7.75. The zero-order valence-corrected chi connectivity index (χ0v) is 16.3. The molecule has 0 aliphatic heterocycles. The minimum absolute atomic E-state index is 0.144. The molecule has 0 radical (unpaired) electrons. The number of nitro benzene ring substituents is 1. The van der Waals surface area contributed by atoms with Gasteiger partial charge in [0.2, 0.25) is 0 Å². The lowest BCUT2D eigenvalue weighted by atomic mass is 10.2. The first-order chi connectivity index (χ1) is 14.3. The molecule has 0 heterocycles. The van der Waals surface area contributed by atoms with E-state index in [0.717, 1.165) is 29.8 Å². The van der Waals surface area contributed by atoms with Crippen molar-refractivity contribution in [1.82, 2.24) is 4.83 Å². The molecule has 0 saturated carbocycles. The van der Waals surface area contributed by atoms with Gasteiger partial charge < -0.3 is 4.74 Å². The first-order valence-electron chi connectivity index (χ1n) is 8.60. The molecule has 0 spiro atoms. The van der Waals surface area contributed by atoms with Crippen LogP contribution in [0.1, 0.15) is 11.1 Å². The van der Waals surface area contributed by atoms with Crippen LogP contribution in [0, 0.1) is 15.9 Å². The van der Waals surface area contributed by atoms with Gasteiger partial charge in [-0.2, -0.15) is 13.5 Å². The van der Waals surface area contributed by atoms with Crippen LogP contribution in [0.5, 0.6) is 5.75 Å². The molecule has 0 fully saturated rings. The standard InChI is InChI=1S/C20H16FN3O5S/c21-17-5-1-16(2-6-17)14-29-19-9-3-15(4-10-19)13-22-23-30(27,28)20-11-7-18(8-12-20)24(25)26/h1-13,23H,14H2. The van der Waals surface area contributed by atoms with Crippen molar-refractivity contribution in [2.45, 2.75) is 11.5 Å². The van der Waals surface area contributed by atoms with E-state index >= 15 is 0 Å². The van der Waals surface area contributed by atoms with E-state index in [9.17, 15) is 22.9 Å². The quantitative estimate of drug-likeness (QED) is 0.334. The summed E-state index contributed by atoms with van der Waals surface area (Å²) in [5.74, 6) is 0.273. The third-order valence-corrected chi connectivity index (χ3v) is 5.18. The highest BCUT2D eigenvalue weighted by molar-refractivity contribution is 7.89. The number of sulfonamides is 1. The van der Waals surface area contributed by atoms with Crippen LogP contribution in [0.4, 0.5) is 10.1 Å². The van der Waals surface area contributed by atoms with Gasteiger partial charge in [0.15, 0.2) is 0 Å². The summed E-state index contributed by atoms with van der Waals surface area (Å²) in [5.41, 5.74) is 1.23. The van der Waals surface area contributed by atoms with E-state index in [1.54, 1.807) is 36.4 Å². The molecule has 1 N–H and O–H groups in total. The van der Waals surface area contributed by atoms with Crippen LogP contribution in [0.3, 0.4) is 0 Å². The Hall–Kier alpha value is -3.79. The molecule has 154 valence electrons. The molecule has 10 heteroatoms. The highest BCUT2D eigenvalue weighted by Gasteiger charge is 2.14. The molecule has 3 aromatic rings. The predicted molar refractivity (Wildman–Crippen MR) is 108 cm³/mol. The average Bonchev–Trinajstić information content (AvgIpc) is 2.74.